The van der Waals surface area contributed by atoms with E-state index in [4.69, 9.17) is 4.74 Å². The maximum Gasteiger partial charge on any atom is 0.425 e. The number of rotatable bonds is 6. The van der Waals surface area contributed by atoms with Gasteiger partial charge in [-0.1, -0.05) is 13.8 Å². The summed E-state index contributed by atoms with van der Waals surface area (Å²) >= 11 is 0.728. The highest BCUT2D eigenvalue weighted by Gasteiger charge is 2.47. The predicted molar refractivity (Wildman–Crippen MR) is 129 cm³/mol. The second-order valence-corrected chi connectivity index (χ2v) is 12.2. The van der Waals surface area contributed by atoms with E-state index in [0.717, 1.165) is 16.9 Å². The van der Waals surface area contributed by atoms with Crippen LogP contribution < -0.4 is 0 Å². The average molecular weight is 538 g/mol. The number of halogens is 3. The summed E-state index contributed by atoms with van der Waals surface area (Å²) in [5.74, 6) is 0.0230. The van der Waals surface area contributed by atoms with Crippen molar-refractivity contribution >= 4 is 21.2 Å². The van der Waals surface area contributed by atoms with Gasteiger partial charge in [0, 0.05) is 48.1 Å². The van der Waals surface area contributed by atoms with Crippen LogP contribution >= 0.6 is 11.3 Å². The summed E-state index contributed by atoms with van der Waals surface area (Å²) in [6, 6.07) is 0. The quantitative estimate of drug-likeness (QED) is 0.596. The molecule has 198 valence electrons. The lowest BCUT2D eigenvalue weighted by Gasteiger charge is -2.44. The first-order chi connectivity index (χ1) is 16.4. The Morgan fingerprint density at radius 1 is 1.29 bits per heavy atom. The van der Waals surface area contributed by atoms with E-state index in [9.17, 15) is 26.7 Å². The standard InChI is InChI=1S/C21H28F3N3O4S2.C2H6/c1-14(28)17-16-3-9-31-20(18(16)32-19(17)21(22,23)24)4-6-26(7-5-20)12-15-11-25-27(13-15)8-10-33(2,29)30;1-2/h11,13-14,28H,3-10,12H2,1-2H3;1-2H3. The Hall–Kier alpha value is -1.47. The van der Waals surface area contributed by atoms with Gasteiger partial charge < -0.3 is 9.84 Å². The van der Waals surface area contributed by atoms with Gasteiger partial charge in [0.2, 0.25) is 0 Å². The first-order valence-corrected chi connectivity index (χ1v) is 14.7. The van der Waals surface area contributed by atoms with Crippen molar-refractivity contribution in [3.63, 3.8) is 0 Å². The van der Waals surface area contributed by atoms with Gasteiger partial charge in [-0.3, -0.25) is 9.58 Å². The lowest BCUT2D eigenvalue weighted by atomic mass is 9.83. The Morgan fingerprint density at radius 3 is 2.51 bits per heavy atom. The van der Waals surface area contributed by atoms with Crippen LogP contribution in [0.4, 0.5) is 13.2 Å². The Labute approximate surface area is 208 Å². The molecule has 0 aliphatic carbocycles. The van der Waals surface area contributed by atoms with Crippen LogP contribution in [0.5, 0.6) is 0 Å². The first kappa shape index (κ1) is 28.1. The van der Waals surface area contributed by atoms with Crippen molar-refractivity contribution in [3.05, 3.63) is 38.8 Å². The fourth-order valence-corrected chi connectivity index (χ4v) is 6.76. The van der Waals surface area contributed by atoms with Crippen LogP contribution in [0.2, 0.25) is 0 Å². The lowest BCUT2D eigenvalue weighted by Crippen LogP contribution is -2.45. The van der Waals surface area contributed by atoms with Crippen LogP contribution in [-0.2, 0) is 45.9 Å². The zero-order valence-electron chi connectivity index (χ0n) is 20.6. The van der Waals surface area contributed by atoms with Crippen LogP contribution in [-0.4, -0.2) is 59.9 Å². The molecule has 12 heteroatoms. The minimum atomic E-state index is -4.51. The number of likely N-dealkylation sites (tertiary alicyclic amines) is 1. The number of fused-ring (bicyclic) bond motifs is 2. The molecule has 4 rings (SSSR count). The molecule has 1 atom stereocenters. The van der Waals surface area contributed by atoms with Gasteiger partial charge in [0.05, 0.1) is 31.2 Å². The highest BCUT2D eigenvalue weighted by atomic mass is 32.2. The summed E-state index contributed by atoms with van der Waals surface area (Å²) in [6.07, 6.45) is 0.554. The van der Waals surface area contributed by atoms with Gasteiger partial charge in [-0.15, -0.1) is 11.3 Å². The normalized spacial score (nSPS) is 19.2. The van der Waals surface area contributed by atoms with Crippen molar-refractivity contribution in [1.82, 2.24) is 14.7 Å². The molecule has 0 aromatic carbocycles. The largest absolute Gasteiger partial charge is 0.425 e. The van der Waals surface area contributed by atoms with Crippen LogP contribution in [0.3, 0.4) is 0 Å². The highest BCUT2D eigenvalue weighted by Crippen LogP contribution is 2.52. The summed E-state index contributed by atoms with van der Waals surface area (Å²) in [7, 11) is -3.07. The second kappa shape index (κ2) is 10.9. The molecule has 0 saturated carbocycles. The van der Waals surface area contributed by atoms with Crippen molar-refractivity contribution < 1.29 is 31.4 Å². The number of aromatic nitrogens is 2. The SMILES string of the molecule is CC.CC(O)c1c(C(F)(F)F)sc2c1CCOC21CCN(Cc2cnn(CCS(C)(=O)=O)c2)CC1. The van der Waals surface area contributed by atoms with E-state index < -0.39 is 32.6 Å². The topological polar surface area (TPSA) is 84.7 Å². The number of hydrogen-bond acceptors (Lipinski definition) is 7. The third kappa shape index (κ3) is 6.46. The number of aliphatic hydroxyl groups is 1. The minimum absolute atomic E-state index is 0.00844. The predicted octanol–water partition coefficient (Wildman–Crippen LogP) is 4.15. The average Bonchev–Trinajstić information content (AvgIpc) is 3.40. The maximum absolute atomic E-state index is 13.7. The number of hydrogen-bond donors (Lipinski definition) is 1. The molecule has 2 aromatic rings. The van der Waals surface area contributed by atoms with Crippen LogP contribution in [0.15, 0.2) is 12.4 Å². The molecule has 1 fully saturated rings. The zero-order valence-corrected chi connectivity index (χ0v) is 22.2. The van der Waals surface area contributed by atoms with Gasteiger partial charge in [0.15, 0.2) is 0 Å². The van der Waals surface area contributed by atoms with Crippen LogP contribution in [0, 0.1) is 0 Å². The Kier molecular flexibility index (Phi) is 8.73. The van der Waals surface area contributed by atoms with E-state index in [-0.39, 0.29) is 11.3 Å². The van der Waals surface area contributed by atoms with Gasteiger partial charge >= 0.3 is 6.18 Å². The highest BCUT2D eigenvalue weighted by molar-refractivity contribution is 7.90. The van der Waals surface area contributed by atoms with Crippen molar-refractivity contribution in [2.75, 3.05) is 31.7 Å². The number of nitrogens with zero attached hydrogens (tertiary/aromatic N) is 3. The summed E-state index contributed by atoms with van der Waals surface area (Å²) in [6.45, 7) is 7.95. The maximum atomic E-state index is 13.7. The van der Waals surface area contributed by atoms with Crippen LogP contribution in [0.25, 0.3) is 0 Å². The lowest BCUT2D eigenvalue weighted by molar-refractivity contribution is -0.135. The fourth-order valence-electron chi connectivity index (χ4n) is 4.73. The van der Waals surface area contributed by atoms with E-state index in [1.807, 2.05) is 20.0 Å². The summed E-state index contributed by atoms with van der Waals surface area (Å²) in [4.78, 5) is 2.11. The minimum Gasteiger partial charge on any atom is -0.389 e. The third-order valence-corrected chi connectivity index (χ3v) is 8.72. The number of alkyl halides is 3. The molecule has 0 amide bonds. The van der Waals surface area contributed by atoms with E-state index in [1.165, 1.54) is 13.2 Å². The monoisotopic (exact) mass is 537 g/mol. The molecule has 0 radical (unpaired) electrons. The number of ether oxygens (including phenoxy) is 1. The molecule has 0 bridgehead atoms. The van der Waals surface area contributed by atoms with E-state index in [0.29, 0.717) is 62.5 Å². The van der Waals surface area contributed by atoms with Gasteiger partial charge in [-0.05, 0) is 31.7 Å². The molecule has 1 saturated heterocycles. The van der Waals surface area contributed by atoms with E-state index in [1.54, 1.807) is 10.9 Å². The molecule has 7 nitrogen and oxygen atoms in total. The Balaban J connectivity index is 0.00000167. The Morgan fingerprint density at radius 2 is 1.94 bits per heavy atom. The van der Waals surface area contributed by atoms with Crippen molar-refractivity contribution in [2.24, 2.45) is 0 Å². The number of aliphatic hydroxyl groups excluding tert-OH is 1. The second-order valence-electron chi connectivity index (χ2n) is 8.94. The summed E-state index contributed by atoms with van der Waals surface area (Å²) < 4.78 is 71.5. The number of sulfone groups is 1. The number of aryl methyl sites for hydroxylation is 1. The number of piperidine rings is 1. The fraction of sp³-hybridized carbons (Fsp3) is 0.696. The first-order valence-electron chi connectivity index (χ1n) is 11.8. The van der Waals surface area contributed by atoms with Crippen LogP contribution in [0.1, 0.15) is 66.2 Å². The smallest absolute Gasteiger partial charge is 0.389 e. The third-order valence-electron chi connectivity index (χ3n) is 6.32. The van der Waals surface area contributed by atoms with Crippen molar-refractivity contribution in [2.45, 2.75) is 71.0 Å². The number of thiophene rings is 1. The van der Waals surface area contributed by atoms with Crippen molar-refractivity contribution in [3.8, 4) is 0 Å². The molecule has 2 aromatic heterocycles. The Bertz CT molecular complexity index is 1100. The summed E-state index contributed by atoms with van der Waals surface area (Å²) in [5.41, 5.74) is 0.821. The summed E-state index contributed by atoms with van der Waals surface area (Å²) in [5, 5.41) is 14.3. The van der Waals surface area contributed by atoms with E-state index in [2.05, 4.69) is 10.00 Å². The molecule has 4 heterocycles. The van der Waals surface area contributed by atoms with Gasteiger partial charge in [-0.25, -0.2) is 8.42 Å². The van der Waals surface area contributed by atoms with Gasteiger partial charge in [0.25, 0.3) is 0 Å². The molecular formula is C23H34F3N3O4S2. The molecule has 1 N–H and O–H groups in total. The molecular weight excluding hydrogens is 503 g/mol. The van der Waals surface area contributed by atoms with Crippen molar-refractivity contribution in [1.29, 1.82) is 0 Å². The molecule has 2 aliphatic heterocycles. The molecule has 35 heavy (non-hydrogen) atoms. The molecule has 1 unspecified atom stereocenters. The molecule has 2 aliphatic rings. The molecule has 1 spiro atoms. The van der Waals surface area contributed by atoms with Gasteiger partial charge in [-0.2, -0.15) is 18.3 Å². The van der Waals surface area contributed by atoms with E-state index >= 15 is 0 Å². The zero-order chi connectivity index (χ0) is 26.0. The van der Waals surface area contributed by atoms with Gasteiger partial charge in [0.1, 0.15) is 20.3 Å².